The molecule has 1 fully saturated rings. The van der Waals surface area contributed by atoms with Gasteiger partial charge in [-0.1, -0.05) is 43.9 Å². The molecule has 1 amide bonds. The van der Waals surface area contributed by atoms with Crippen LogP contribution in [0, 0.1) is 0 Å². The lowest BCUT2D eigenvalue weighted by atomic mass is 10.1. The first-order valence-electron chi connectivity index (χ1n) is 9.72. The highest BCUT2D eigenvalue weighted by atomic mass is 16.1. The zero-order valence-electron chi connectivity index (χ0n) is 15.3. The molecule has 0 spiro atoms. The lowest BCUT2D eigenvalue weighted by molar-refractivity contribution is 0.0932. The molecule has 1 saturated carbocycles. The van der Waals surface area contributed by atoms with Crippen molar-refractivity contribution in [3.63, 3.8) is 0 Å². The summed E-state index contributed by atoms with van der Waals surface area (Å²) < 4.78 is 0. The third kappa shape index (κ3) is 3.43. The highest BCUT2D eigenvalue weighted by Gasteiger charge is 2.28. The number of carbonyl (C=O) groups excluding carboxylic acids is 1. The highest BCUT2D eigenvalue weighted by molar-refractivity contribution is 5.93. The molecule has 1 atom stereocenters. The summed E-state index contributed by atoms with van der Waals surface area (Å²) in [5, 5.41) is 3.16. The number of nitrogens with zero attached hydrogens (tertiary/aromatic N) is 3. The average molecular weight is 350 g/mol. The smallest absolute Gasteiger partial charge is 0.254 e. The molecule has 0 bridgehead atoms. The summed E-state index contributed by atoms with van der Waals surface area (Å²) in [7, 11) is 0. The van der Waals surface area contributed by atoms with Crippen LogP contribution in [0.15, 0.2) is 36.7 Å². The minimum Gasteiger partial charge on any atom is -0.349 e. The average Bonchev–Trinajstić information content (AvgIpc) is 2.81. The Morgan fingerprint density at radius 3 is 2.50 bits per heavy atom. The van der Waals surface area contributed by atoms with Gasteiger partial charge in [0.2, 0.25) is 5.95 Å². The van der Waals surface area contributed by atoms with Gasteiger partial charge in [-0.25, -0.2) is 9.97 Å². The standard InChI is InChI=1S/C21H26N4O/c1-15-12-16-8-6-7-11-19(16)25(15)21-22-13-17(14-23-21)20(26)24-18-9-4-2-3-5-10-18/h6-8,11,13-15,18H,2-5,9-10,12H2,1H3,(H,24,26). The van der Waals surface area contributed by atoms with Crippen molar-refractivity contribution in [2.24, 2.45) is 0 Å². The van der Waals surface area contributed by atoms with E-state index in [1.807, 2.05) is 6.07 Å². The fraction of sp³-hybridized carbons (Fsp3) is 0.476. The van der Waals surface area contributed by atoms with Gasteiger partial charge in [-0.2, -0.15) is 0 Å². The van der Waals surface area contributed by atoms with Crippen molar-refractivity contribution < 1.29 is 4.79 Å². The van der Waals surface area contributed by atoms with Crippen LogP contribution >= 0.6 is 0 Å². The molecule has 1 aliphatic carbocycles. The molecular formula is C21H26N4O. The molecule has 5 nitrogen and oxygen atoms in total. The van der Waals surface area contributed by atoms with Crippen LogP contribution in [0.1, 0.15) is 61.4 Å². The van der Waals surface area contributed by atoms with Crippen molar-refractivity contribution in [2.75, 3.05) is 4.90 Å². The maximum atomic E-state index is 12.5. The van der Waals surface area contributed by atoms with Crippen molar-refractivity contribution in [1.29, 1.82) is 0 Å². The van der Waals surface area contributed by atoms with Crippen LogP contribution in [0.2, 0.25) is 0 Å². The Bertz CT molecular complexity index is 766. The van der Waals surface area contributed by atoms with Gasteiger partial charge in [0, 0.05) is 30.2 Å². The monoisotopic (exact) mass is 350 g/mol. The van der Waals surface area contributed by atoms with E-state index in [9.17, 15) is 4.79 Å². The predicted molar refractivity (Wildman–Crippen MR) is 103 cm³/mol. The van der Waals surface area contributed by atoms with Gasteiger partial charge < -0.3 is 10.2 Å². The second-order valence-corrected chi connectivity index (χ2v) is 7.49. The molecule has 2 aromatic rings. The number of carbonyl (C=O) groups is 1. The lowest BCUT2D eigenvalue weighted by Crippen LogP contribution is -2.34. The molecule has 1 unspecified atom stereocenters. The first-order chi connectivity index (χ1) is 12.7. The van der Waals surface area contributed by atoms with E-state index in [0.29, 0.717) is 17.6 Å². The minimum absolute atomic E-state index is 0.0571. The molecule has 5 heteroatoms. The zero-order valence-corrected chi connectivity index (χ0v) is 15.3. The van der Waals surface area contributed by atoms with E-state index in [2.05, 4.69) is 45.3 Å². The van der Waals surface area contributed by atoms with Crippen LogP contribution in [0.3, 0.4) is 0 Å². The number of hydrogen-bond donors (Lipinski definition) is 1. The zero-order chi connectivity index (χ0) is 17.9. The molecular weight excluding hydrogens is 324 g/mol. The van der Waals surface area contributed by atoms with Gasteiger partial charge in [0.05, 0.1) is 5.56 Å². The van der Waals surface area contributed by atoms with Crippen molar-refractivity contribution >= 4 is 17.5 Å². The van der Waals surface area contributed by atoms with Crippen LogP contribution < -0.4 is 10.2 Å². The molecule has 4 rings (SSSR count). The third-order valence-corrected chi connectivity index (χ3v) is 5.51. The maximum absolute atomic E-state index is 12.5. The van der Waals surface area contributed by atoms with Crippen LogP contribution in [0.5, 0.6) is 0 Å². The predicted octanol–water partition coefficient (Wildman–Crippen LogP) is 4.01. The van der Waals surface area contributed by atoms with Crippen LogP contribution in [0.25, 0.3) is 0 Å². The molecule has 26 heavy (non-hydrogen) atoms. The van der Waals surface area contributed by atoms with Crippen molar-refractivity contribution in [3.8, 4) is 0 Å². The van der Waals surface area contributed by atoms with E-state index in [-0.39, 0.29) is 11.9 Å². The Labute approximate surface area is 154 Å². The number of amides is 1. The van der Waals surface area contributed by atoms with Gasteiger partial charge in [0.15, 0.2) is 0 Å². The van der Waals surface area contributed by atoms with E-state index in [0.717, 1.165) is 24.9 Å². The van der Waals surface area contributed by atoms with Crippen LogP contribution in [0.4, 0.5) is 11.6 Å². The Morgan fingerprint density at radius 2 is 1.77 bits per heavy atom. The Balaban J connectivity index is 1.47. The van der Waals surface area contributed by atoms with E-state index in [1.54, 1.807) is 12.4 Å². The van der Waals surface area contributed by atoms with Crippen molar-refractivity contribution in [1.82, 2.24) is 15.3 Å². The van der Waals surface area contributed by atoms with Gasteiger partial charge >= 0.3 is 0 Å². The first-order valence-corrected chi connectivity index (χ1v) is 9.72. The van der Waals surface area contributed by atoms with Gasteiger partial charge in [0.1, 0.15) is 0 Å². The molecule has 0 saturated heterocycles. The number of benzene rings is 1. The topological polar surface area (TPSA) is 58.1 Å². The Morgan fingerprint density at radius 1 is 1.08 bits per heavy atom. The largest absolute Gasteiger partial charge is 0.349 e. The summed E-state index contributed by atoms with van der Waals surface area (Å²) in [5.74, 6) is 0.604. The van der Waals surface area contributed by atoms with Crippen molar-refractivity contribution in [3.05, 3.63) is 47.8 Å². The number of para-hydroxylation sites is 1. The molecule has 1 aromatic carbocycles. The Hall–Kier alpha value is -2.43. The number of hydrogen-bond acceptors (Lipinski definition) is 4. The number of fused-ring (bicyclic) bond motifs is 1. The van der Waals surface area contributed by atoms with Crippen LogP contribution in [-0.4, -0.2) is 28.0 Å². The molecule has 1 aromatic heterocycles. The second-order valence-electron chi connectivity index (χ2n) is 7.49. The summed E-state index contributed by atoms with van der Waals surface area (Å²) in [4.78, 5) is 23.7. The maximum Gasteiger partial charge on any atom is 0.254 e. The normalized spacial score (nSPS) is 20.5. The van der Waals surface area contributed by atoms with Gasteiger partial charge in [-0.3, -0.25) is 4.79 Å². The molecule has 1 aliphatic heterocycles. The summed E-state index contributed by atoms with van der Waals surface area (Å²) >= 11 is 0. The van der Waals surface area contributed by atoms with Gasteiger partial charge in [-0.05, 0) is 37.8 Å². The van der Waals surface area contributed by atoms with E-state index in [1.165, 1.54) is 31.2 Å². The molecule has 0 radical (unpaired) electrons. The molecule has 2 heterocycles. The van der Waals surface area contributed by atoms with E-state index < -0.39 is 0 Å². The first kappa shape index (κ1) is 17.0. The number of rotatable bonds is 3. The Kier molecular flexibility index (Phi) is 4.87. The van der Waals surface area contributed by atoms with Crippen molar-refractivity contribution in [2.45, 2.75) is 64.0 Å². The highest BCUT2D eigenvalue weighted by Crippen LogP contribution is 2.36. The van der Waals surface area contributed by atoms with Gasteiger partial charge in [-0.15, -0.1) is 0 Å². The summed E-state index contributed by atoms with van der Waals surface area (Å²) in [5.41, 5.74) is 3.02. The fourth-order valence-corrected chi connectivity index (χ4v) is 4.13. The van der Waals surface area contributed by atoms with E-state index >= 15 is 0 Å². The number of aromatic nitrogens is 2. The molecule has 1 N–H and O–H groups in total. The number of anilines is 2. The quantitative estimate of drug-likeness (QED) is 0.850. The van der Waals surface area contributed by atoms with E-state index in [4.69, 9.17) is 0 Å². The van der Waals surface area contributed by atoms with Crippen LogP contribution in [-0.2, 0) is 6.42 Å². The lowest BCUT2D eigenvalue weighted by Gasteiger charge is -2.22. The summed E-state index contributed by atoms with van der Waals surface area (Å²) in [6.45, 7) is 2.18. The summed E-state index contributed by atoms with van der Waals surface area (Å²) in [6.07, 6.45) is 11.4. The fourth-order valence-electron chi connectivity index (χ4n) is 4.13. The molecule has 136 valence electrons. The molecule has 2 aliphatic rings. The third-order valence-electron chi connectivity index (χ3n) is 5.51. The summed E-state index contributed by atoms with van der Waals surface area (Å²) in [6, 6.07) is 8.97. The SMILES string of the molecule is CC1Cc2ccccc2N1c1ncc(C(=O)NC2CCCCCC2)cn1. The number of nitrogens with one attached hydrogen (secondary N) is 1. The minimum atomic E-state index is -0.0571. The van der Waals surface area contributed by atoms with Gasteiger partial charge in [0.25, 0.3) is 5.91 Å². The second kappa shape index (κ2) is 7.44.